The van der Waals surface area contributed by atoms with Crippen LogP contribution in [0.3, 0.4) is 0 Å². The molecule has 0 aliphatic carbocycles. The molecule has 1 saturated heterocycles. The molecule has 1 heterocycles. The molecule has 1 amide bonds. The van der Waals surface area contributed by atoms with Gasteiger partial charge in [0.1, 0.15) is 44.2 Å². The minimum atomic E-state index is -0.462. The number of hydrogen-bond acceptors (Lipinski definition) is 4. The van der Waals surface area contributed by atoms with Gasteiger partial charge < -0.3 is 19.9 Å². The zero-order valence-electron chi connectivity index (χ0n) is 16.9. The molecule has 3 N–H and O–H groups in total. The Balaban J connectivity index is 1.49. The van der Waals surface area contributed by atoms with Crippen LogP contribution in [0.5, 0.6) is 5.75 Å². The van der Waals surface area contributed by atoms with Crippen LogP contribution in [0, 0.1) is 17.0 Å². The first-order valence-corrected chi connectivity index (χ1v) is 9.80. The number of nitro groups is 1. The van der Waals surface area contributed by atoms with Crippen LogP contribution in [-0.4, -0.2) is 50.7 Å². The van der Waals surface area contributed by atoms with E-state index in [0.717, 1.165) is 38.5 Å². The van der Waals surface area contributed by atoms with Crippen molar-refractivity contribution in [3.63, 3.8) is 0 Å². The van der Waals surface area contributed by atoms with Crippen LogP contribution in [0.1, 0.15) is 11.1 Å². The van der Waals surface area contributed by atoms with Gasteiger partial charge in [-0.3, -0.25) is 14.9 Å². The molecule has 1 aliphatic rings. The van der Waals surface area contributed by atoms with Crippen molar-refractivity contribution < 1.29 is 24.3 Å². The van der Waals surface area contributed by atoms with Gasteiger partial charge in [-0.1, -0.05) is 12.1 Å². The van der Waals surface area contributed by atoms with Gasteiger partial charge in [0.25, 0.3) is 11.6 Å². The topological polar surface area (TPSA) is 90.4 Å². The van der Waals surface area contributed by atoms with Crippen molar-refractivity contribution in [1.82, 2.24) is 0 Å². The molecular weight excluding hydrogens is 372 g/mol. The maximum absolute atomic E-state index is 12.5. The van der Waals surface area contributed by atoms with Crippen LogP contribution >= 0.6 is 0 Å². The SMILES string of the molecule is COc1ccc(C[NH+]2CC[NH+](CC(=O)Nc3c(C)cccc3[N+](=O)[O-])CC2)cc1. The highest BCUT2D eigenvalue weighted by Crippen LogP contribution is 2.27. The summed E-state index contributed by atoms with van der Waals surface area (Å²) in [5, 5.41) is 14.0. The highest BCUT2D eigenvalue weighted by Gasteiger charge is 2.26. The number of nitrogens with one attached hydrogen (secondary N) is 3. The molecule has 1 fully saturated rings. The van der Waals surface area contributed by atoms with E-state index in [4.69, 9.17) is 4.74 Å². The molecule has 154 valence electrons. The summed E-state index contributed by atoms with van der Waals surface area (Å²) in [4.78, 5) is 25.9. The average Bonchev–Trinajstić information content (AvgIpc) is 2.71. The largest absolute Gasteiger partial charge is 0.497 e. The molecule has 1 aliphatic heterocycles. The fraction of sp³-hybridized carbons (Fsp3) is 0.381. The standard InChI is InChI=1S/C21H26N4O4/c1-16-4-3-5-19(25(27)28)21(16)22-20(26)15-24-12-10-23(11-13-24)14-17-6-8-18(29-2)9-7-17/h3-9H,10-15H2,1-2H3,(H,22,26)/p+2. The molecule has 0 spiro atoms. The van der Waals surface area contributed by atoms with Crippen LogP contribution < -0.4 is 19.9 Å². The second-order valence-corrected chi connectivity index (χ2v) is 7.48. The quantitative estimate of drug-likeness (QED) is 0.445. The first kappa shape index (κ1) is 20.8. The maximum Gasteiger partial charge on any atom is 0.293 e. The number of para-hydroxylation sites is 1. The number of methoxy groups -OCH3 is 1. The van der Waals surface area contributed by atoms with Gasteiger partial charge in [0.05, 0.1) is 12.0 Å². The molecule has 2 aromatic rings. The van der Waals surface area contributed by atoms with Crippen LogP contribution in [0.25, 0.3) is 0 Å². The van der Waals surface area contributed by atoms with Crippen LogP contribution in [-0.2, 0) is 11.3 Å². The number of anilines is 1. The molecular formula is C21H28N4O4+2. The number of piperazine rings is 1. The Morgan fingerprint density at radius 2 is 1.76 bits per heavy atom. The van der Waals surface area contributed by atoms with Crippen molar-refractivity contribution in [3.05, 3.63) is 63.7 Å². The Morgan fingerprint density at radius 1 is 1.10 bits per heavy atom. The van der Waals surface area contributed by atoms with E-state index in [1.807, 2.05) is 12.1 Å². The lowest BCUT2D eigenvalue weighted by Crippen LogP contribution is -3.28. The number of nitrogens with zero attached hydrogens (tertiary/aromatic N) is 1. The Morgan fingerprint density at radius 3 is 2.38 bits per heavy atom. The number of hydrogen-bond donors (Lipinski definition) is 3. The van der Waals surface area contributed by atoms with Crippen molar-refractivity contribution in [2.24, 2.45) is 0 Å². The van der Waals surface area contributed by atoms with Gasteiger partial charge in [0.15, 0.2) is 6.54 Å². The van der Waals surface area contributed by atoms with Gasteiger partial charge in [0.2, 0.25) is 0 Å². The summed E-state index contributed by atoms with van der Waals surface area (Å²) in [6.07, 6.45) is 0. The third-order valence-electron chi connectivity index (χ3n) is 5.40. The minimum absolute atomic E-state index is 0.0675. The van der Waals surface area contributed by atoms with E-state index in [0.29, 0.717) is 17.8 Å². The Kier molecular flexibility index (Phi) is 6.79. The number of benzene rings is 2. The average molecular weight is 400 g/mol. The van der Waals surface area contributed by atoms with E-state index in [2.05, 4.69) is 17.4 Å². The maximum atomic E-state index is 12.5. The van der Waals surface area contributed by atoms with E-state index in [1.54, 1.807) is 26.2 Å². The first-order valence-electron chi connectivity index (χ1n) is 9.80. The second-order valence-electron chi connectivity index (χ2n) is 7.48. The summed E-state index contributed by atoms with van der Waals surface area (Å²) in [7, 11) is 1.66. The first-order chi connectivity index (χ1) is 14.0. The van der Waals surface area contributed by atoms with Gasteiger partial charge >= 0.3 is 0 Å². The van der Waals surface area contributed by atoms with Gasteiger partial charge in [-0.05, 0) is 36.8 Å². The minimum Gasteiger partial charge on any atom is -0.497 e. The normalized spacial score (nSPS) is 18.8. The van der Waals surface area contributed by atoms with Gasteiger partial charge in [-0.2, -0.15) is 0 Å². The number of rotatable bonds is 7. The predicted octanol–water partition coefficient (Wildman–Crippen LogP) is -0.166. The van der Waals surface area contributed by atoms with Crippen molar-refractivity contribution in [1.29, 1.82) is 0 Å². The number of nitro benzene ring substituents is 1. The van der Waals surface area contributed by atoms with Crippen molar-refractivity contribution in [2.75, 3.05) is 45.2 Å². The number of amides is 1. The molecule has 2 aromatic carbocycles. The number of quaternary nitrogens is 2. The molecule has 0 unspecified atom stereocenters. The predicted molar refractivity (Wildman–Crippen MR) is 109 cm³/mol. The monoisotopic (exact) mass is 400 g/mol. The van der Waals surface area contributed by atoms with E-state index in [-0.39, 0.29) is 11.6 Å². The van der Waals surface area contributed by atoms with E-state index >= 15 is 0 Å². The molecule has 8 heteroatoms. The second kappa shape index (κ2) is 9.49. The van der Waals surface area contributed by atoms with Gasteiger partial charge in [0, 0.05) is 11.6 Å². The highest BCUT2D eigenvalue weighted by atomic mass is 16.6. The summed E-state index contributed by atoms with van der Waals surface area (Å²) < 4.78 is 5.20. The molecule has 0 radical (unpaired) electrons. The number of carbonyl (C=O) groups is 1. The Bertz CT molecular complexity index is 861. The van der Waals surface area contributed by atoms with Crippen molar-refractivity contribution in [2.45, 2.75) is 13.5 Å². The zero-order valence-corrected chi connectivity index (χ0v) is 16.9. The fourth-order valence-corrected chi connectivity index (χ4v) is 3.72. The smallest absolute Gasteiger partial charge is 0.293 e. The fourth-order valence-electron chi connectivity index (χ4n) is 3.72. The number of aryl methyl sites for hydroxylation is 1. The van der Waals surface area contributed by atoms with E-state index < -0.39 is 4.92 Å². The van der Waals surface area contributed by atoms with Gasteiger partial charge in [-0.15, -0.1) is 0 Å². The van der Waals surface area contributed by atoms with Crippen LogP contribution in [0.15, 0.2) is 42.5 Å². The molecule has 0 atom stereocenters. The Labute approximate surface area is 170 Å². The lowest BCUT2D eigenvalue weighted by atomic mass is 10.1. The van der Waals surface area contributed by atoms with Crippen molar-refractivity contribution in [3.8, 4) is 5.75 Å². The molecule has 29 heavy (non-hydrogen) atoms. The van der Waals surface area contributed by atoms with Crippen LogP contribution in [0.2, 0.25) is 0 Å². The molecule has 3 rings (SSSR count). The number of ether oxygens (including phenoxy) is 1. The Hall–Kier alpha value is -2.97. The third kappa shape index (κ3) is 5.52. The number of carbonyl (C=O) groups excluding carboxylic acids is 1. The van der Waals surface area contributed by atoms with Crippen LogP contribution in [0.4, 0.5) is 11.4 Å². The summed E-state index contributed by atoms with van der Waals surface area (Å²) in [6, 6.07) is 12.9. The third-order valence-corrected chi connectivity index (χ3v) is 5.40. The molecule has 8 nitrogen and oxygen atoms in total. The summed E-state index contributed by atoms with van der Waals surface area (Å²) in [5.41, 5.74) is 2.19. The lowest BCUT2D eigenvalue weighted by molar-refractivity contribution is -1.02. The van der Waals surface area contributed by atoms with Gasteiger partial charge in [-0.25, -0.2) is 0 Å². The van der Waals surface area contributed by atoms with E-state index in [9.17, 15) is 14.9 Å². The highest BCUT2D eigenvalue weighted by molar-refractivity contribution is 5.94. The summed E-state index contributed by atoms with van der Waals surface area (Å²) in [6.45, 7) is 6.80. The molecule has 0 aromatic heterocycles. The molecule has 0 bridgehead atoms. The molecule has 0 saturated carbocycles. The zero-order chi connectivity index (χ0) is 20.8. The summed E-state index contributed by atoms with van der Waals surface area (Å²) >= 11 is 0. The summed E-state index contributed by atoms with van der Waals surface area (Å²) in [5.74, 6) is 0.675. The lowest BCUT2D eigenvalue weighted by Gasteiger charge is -2.29. The van der Waals surface area contributed by atoms with E-state index in [1.165, 1.54) is 21.4 Å². The van der Waals surface area contributed by atoms with Crippen molar-refractivity contribution >= 4 is 17.3 Å².